The lowest BCUT2D eigenvalue weighted by molar-refractivity contribution is -0.137. The Morgan fingerprint density at radius 3 is 2.30 bits per heavy atom. The maximum absolute atomic E-state index is 14.9. The van der Waals surface area contributed by atoms with Crippen molar-refractivity contribution in [2.24, 2.45) is 0 Å². The van der Waals surface area contributed by atoms with Gasteiger partial charge in [-0.25, -0.2) is 9.18 Å². The van der Waals surface area contributed by atoms with Crippen LogP contribution < -0.4 is 15.5 Å². The van der Waals surface area contributed by atoms with Crippen molar-refractivity contribution in [3.05, 3.63) is 95.1 Å². The molecule has 2 aliphatic rings. The van der Waals surface area contributed by atoms with Gasteiger partial charge in [0.1, 0.15) is 5.82 Å². The van der Waals surface area contributed by atoms with E-state index in [1.165, 1.54) is 0 Å². The average molecular weight is 557 g/mol. The number of alkyl halides is 3. The van der Waals surface area contributed by atoms with Crippen LogP contribution in [0.1, 0.15) is 48.1 Å². The summed E-state index contributed by atoms with van der Waals surface area (Å²) < 4.78 is 61.9. The smallest absolute Gasteiger partial charge is 0.378 e. The predicted octanol–water partition coefficient (Wildman–Crippen LogP) is 5.65. The summed E-state index contributed by atoms with van der Waals surface area (Å²) in [6, 6.07) is 14.6. The van der Waals surface area contributed by atoms with Gasteiger partial charge in [0.25, 0.3) is 0 Å². The van der Waals surface area contributed by atoms with Gasteiger partial charge in [0.15, 0.2) is 0 Å². The highest BCUT2D eigenvalue weighted by molar-refractivity contribution is 5.75. The first-order valence-corrected chi connectivity index (χ1v) is 13.5. The van der Waals surface area contributed by atoms with Gasteiger partial charge in [0.05, 0.1) is 41.8 Å². The first-order valence-electron chi connectivity index (χ1n) is 13.5. The van der Waals surface area contributed by atoms with E-state index in [-0.39, 0.29) is 18.2 Å². The third kappa shape index (κ3) is 6.06. The molecule has 2 aromatic carbocycles. The van der Waals surface area contributed by atoms with E-state index in [4.69, 9.17) is 9.72 Å². The molecule has 1 atom stereocenters. The number of halogens is 4. The predicted molar refractivity (Wildman–Crippen MR) is 144 cm³/mol. The highest BCUT2D eigenvalue weighted by Gasteiger charge is 2.41. The molecule has 6 nitrogen and oxygen atoms in total. The van der Waals surface area contributed by atoms with Gasteiger partial charge in [-0.3, -0.25) is 4.98 Å². The van der Waals surface area contributed by atoms with Gasteiger partial charge in [-0.1, -0.05) is 43.2 Å². The number of aromatic nitrogens is 1. The number of anilines is 1. The fourth-order valence-corrected chi connectivity index (χ4v) is 5.65. The molecule has 1 aromatic heterocycles. The maximum Gasteiger partial charge on any atom is 0.416 e. The van der Waals surface area contributed by atoms with Crippen molar-refractivity contribution < 1.29 is 27.1 Å². The van der Waals surface area contributed by atoms with E-state index in [1.54, 1.807) is 42.6 Å². The van der Waals surface area contributed by atoms with Crippen molar-refractivity contribution in [3.8, 4) is 0 Å². The van der Waals surface area contributed by atoms with Crippen molar-refractivity contribution in [1.29, 1.82) is 0 Å². The van der Waals surface area contributed by atoms with Crippen molar-refractivity contribution in [2.45, 2.75) is 43.3 Å². The number of pyridine rings is 1. The minimum Gasteiger partial charge on any atom is -0.378 e. The molecule has 0 spiro atoms. The number of nitrogens with zero attached hydrogens (tertiary/aromatic N) is 2. The fourth-order valence-electron chi connectivity index (χ4n) is 5.65. The molecule has 10 heteroatoms. The molecule has 1 aliphatic carbocycles. The van der Waals surface area contributed by atoms with Crippen LogP contribution in [0.15, 0.2) is 66.9 Å². The molecule has 2 heterocycles. The van der Waals surface area contributed by atoms with Gasteiger partial charge in [-0.05, 0) is 54.3 Å². The Hall–Kier alpha value is -3.66. The molecule has 5 rings (SSSR count). The van der Waals surface area contributed by atoms with E-state index in [0.29, 0.717) is 43.6 Å². The summed E-state index contributed by atoms with van der Waals surface area (Å²) in [6.45, 7) is 2.40. The Labute approximate surface area is 230 Å². The Morgan fingerprint density at radius 1 is 0.950 bits per heavy atom. The Bertz CT molecular complexity index is 1290. The highest BCUT2D eigenvalue weighted by atomic mass is 19.4. The number of carbonyl (C=O) groups is 1. The first kappa shape index (κ1) is 27.9. The normalized spacial score (nSPS) is 17.9. The Balaban J connectivity index is 1.61. The van der Waals surface area contributed by atoms with Crippen LogP contribution in [0.3, 0.4) is 0 Å². The van der Waals surface area contributed by atoms with Crippen LogP contribution in [0, 0.1) is 5.82 Å². The van der Waals surface area contributed by atoms with Gasteiger partial charge in [0, 0.05) is 25.7 Å². The second-order valence-electron chi connectivity index (χ2n) is 10.3. The third-order valence-electron chi connectivity index (χ3n) is 7.75. The van der Waals surface area contributed by atoms with E-state index in [0.717, 1.165) is 43.5 Å². The number of benzene rings is 2. The van der Waals surface area contributed by atoms with Gasteiger partial charge in [0.2, 0.25) is 0 Å². The molecule has 1 saturated carbocycles. The molecule has 3 aromatic rings. The number of urea groups is 1. The summed E-state index contributed by atoms with van der Waals surface area (Å²) in [5, 5.41) is 5.84. The minimum atomic E-state index is -4.76. The third-order valence-corrected chi connectivity index (χ3v) is 7.75. The van der Waals surface area contributed by atoms with Gasteiger partial charge >= 0.3 is 12.2 Å². The van der Waals surface area contributed by atoms with Crippen LogP contribution in [0.4, 0.5) is 28.0 Å². The summed E-state index contributed by atoms with van der Waals surface area (Å²) >= 11 is 0. The zero-order chi connectivity index (χ0) is 28.2. The van der Waals surface area contributed by atoms with Crippen LogP contribution in [0.2, 0.25) is 0 Å². The van der Waals surface area contributed by atoms with Crippen LogP contribution in [0.5, 0.6) is 0 Å². The quantitative estimate of drug-likeness (QED) is 0.369. The summed E-state index contributed by atoms with van der Waals surface area (Å²) in [5.41, 5.74) is -0.685. The number of nitrogens with one attached hydrogen (secondary N) is 2. The molecule has 40 heavy (non-hydrogen) atoms. The summed E-state index contributed by atoms with van der Waals surface area (Å²) in [5.74, 6) is -1.02. The van der Waals surface area contributed by atoms with Crippen LogP contribution in [-0.4, -0.2) is 49.9 Å². The molecule has 1 unspecified atom stereocenters. The molecule has 1 aliphatic heterocycles. The maximum atomic E-state index is 14.9. The summed E-state index contributed by atoms with van der Waals surface area (Å²) in [4.78, 5) is 19.8. The fraction of sp³-hybridized carbons (Fsp3) is 0.400. The van der Waals surface area contributed by atoms with E-state index >= 15 is 0 Å². The van der Waals surface area contributed by atoms with Crippen molar-refractivity contribution in [3.63, 3.8) is 0 Å². The molecular formula is C30H32F4N4O2. The molecular weight excluding hydrogens is 524 g/mol. The minimum absolute atomic E-state index is 0.0406. The Kier molecular flexibility index (Phi) is 8.25. The first-order chi connectivity index (χ1) is 19.3. The molecule has 2 fully saturated rings. The average Bonchev–Trinajstić information content (AvgIpc) is 3.47. The lowest BCUT2D eigenvalue weighted by Gasteiger charge is -2.36. The molecule has 0 bridgehead atoms. The lowest BCUT2D eigenvalue weighted by atomic mass is 9.71. The molecule has 212 valence electrons. The van der Waals surface area contributed by atoms with E-state index in [9.17, 15) is 22.4 Å². The standard InChI is InChI=1S/C30H32F4N4O2/c31-24-17-22(16-23(18-24)30(32,33)34)29(21-6-2-1-3-7-21,20-36-28(39)37-25-8-4-5-9-25)27-11-10-26(19-35-27)38-12-14-40-15-13-38/h1-3,6-7,10-11,16-19,25H,4-5,8-9,12-15,20H2,(H2,36,37,39). The second kappa shape index (κ2) is 11.8. The Morgan fingerprint density at radius 2 is 1.65 bits per heavy atom. The van der Waals surface area contributed by atoms with Gasteiger partial charge in [-0.2, -0.15) is 13.2 Å². The molecule has 2 amide bonds. The summed E-state index contributed by atoms with van der Waals surface area (Å²) in [6.07, 6.45) is 0.714. The number of hydrogen-bond donors (Lipinski definition) is 2. The molecule has 2 N–H and O–H groups in total. The number of hydrogen-bond acceptors (Lipinski definition) is 4. The lowest BCUT2D eigenvalue weighted by Crippen LogP contribution is -2.48. The van der Waals surface area contributed by atoms with Gasteiger partial charge in [-0.15, -0.1) is 0 Å². The number of rotatable bonds is 7. The van der Waals surface area contributed by atoms with Crippen LogP contribution in [-0.2, 0) is 16.3 Å². The second-order valence-corrected chi connectivity index (χ2v) is 10.3. The van der Waals surface area contributed by atoms with Crippen molar-refractivity contribution >= 4 is 11.7 Å². The van der Waals surface area contributed by atoms with E-state index < -0.39 is 29.0 Å². The van der Waals surface area contributed by atoms with Crippen LogP contribution in [0.25, 0.3) is 0 Å². The summed E-state index contributed by atoms with van der Waals surface area (Å²) in [7, 11) is 0. The van der Waals surface area contributed by atoms with Crippen molar-refractivity contribution in [1.82, 2.24) is 15.6 Å². The largest absolute Gasteiger partial charge is 0.416 e. The van der Waals surface area contributed by atoms with E-state index in [2.05, 4.69) is 15.5 Å². The van der Waals surface area contributed by atoms with Gasteiger partial charge < -0.3 is 20.3 Å². The topological polar surface area (TPSA) is 66.5 Å². The molecule has 0 radical (unpaired) electrons. The zero-order valence-electron chi connectivity index (χ0n) is 22.0. The molecule has 1 saturated heterocycles. The SMILES string of the molecule is O=C(NCC(c1ccccc1)(c1cc(F)cc(C(F)(F)F)c1)c1ccc(N2CCOCC2)cn1)NC1CCCC1. The number of amides is 2. The number of ether oxygens (including phenoxy) is 1. The number of morpholine rings is 1. The van der Waals surface area contributed by atoms with E-state index in [1.807, 2.05) is 6.07 Å². The van der Waals surface area contributed by atoms with Crippen LogP contribution >= 0.6 is 0 Å². The van der Waals surface area contributed by atoms with Crippen molar-refractivity contribution in [2.75, 3.05) is 37.7 Å². The number of carbonyl (C=O) groups excluding carboxylic acids is 1. The zero-order valence-corrected chi connectivity index (χ0v) is 22.0. The monoisotopic (exact) mass is 556 g/mol. The highest BCUT2D eigenvalue weighted by Crippen LogP contribution is 2.41.